The monoisotopic (exact) mass is 299 g/mol. The number of hydrogen-bond donors (Lipinski definition) is 1. The molecule has 1 N–H and O–H groups in total. The van der Waals surface area contributed by atoms with E-state index in [1.165, 1.54) is 55.7 Å². The van der Waals surface area contributed by atoms with Crippen LogP contribution in [-0.2, 0) is 0 Å². The molecular formula is C16H13NO5. The van der Waals surface area contributed by atoms with Crippen molar-refractivity contribution in [2.45, 2.75) is 0 Å². The number of nitro groups is 1. The number of non-ortho nitro benzene ring substituents is 1. The van der Waals surface area contributed by atoms with Crippen LogP contribution < -0.4 is 4.74 Å². The Bertz CT molecular complexity index is 735. The lowest BCUT2D eigenvalue weighted by Gasteiger charge is -2.04. The standard InChI is InChI=1S/C16H13NO5/c1-22-13-7-9-16(19)14(10-13)15(18)8-4-11-2-5-12(6-3-11)17(20)21/h2-10,19H,1H3/b8-4+. The summed E-state index contributed by atoms with van der Waals surface area (Å²) in [6.45, 7) is 0. The fourth-order valence-corrected chi connectivity index (χ4v) is 1.81. The smallest absolute Gasteiger partial charge is 0.269 e. The Morgan fingerprint density at radius 1 is 1.23 bits per heavy atom. The lowest BCUT2D eigenvalue weighted by atomic mass is 10.1. The van der Waals surface area contributed by atoms with Crippen LogP contribution in [0.5, 0.6) is 11.5 Å². The molecule has 0 aliphatic rings. The van der Waals surface area contributed by atoms with E-state index in [4.69, 9.17) is 4.74 Å². The molecule has 2 aromatic carbocycles. The summed E-state index contributed by atoms with van der Waals surface area (Å²) in [4.78, 5) is 22.1. The van der Waals surface area contributed by atoms with Gasteiger partial charge in [0.25, 0.3) is 5.69 Å². The molecule has 2 rings (SSSR count). The number of phenolic OH excluding ortho intramolecular Hbond substituents is 1. The van der Waals surface area contributed by atoms with Gasteiger partial charge in [-0.1, -0.05) is 6.08 Å². The number of nitrogens with zero attached hydrogens (tertiary/aromatic N) is 1. The molecule has 112 valence electrons. The van der Waals surface area contributed by atoms with Crippen molar-refractivity contribution in [3.63, 3.8) is 0 Å². The molecular weight excluding hydrogens is 286 g/mol. The summed E-state index contributed by atoms with van der Waals surface area (Å²) in [5.41, 5.74) is 0.743. The second kappa shape index (κ2) is 6.53. The minimum absolute atomic E-state index is 0.0195. The zero-order valence-corrected chi connectivity index (χ0v) is 11.7. The first-order valence-electron chi connectivity index (χ1n) is 6.35. The van der Waals surface area contributed by atoms with E-state index in [1.54, 1.807) is 6.07 Å². The van der Waals surface area contributed by atoms with Gasteiger partial charge in [-0.2, -0.15) is 0 Å². The first-order chi connectivity index (χ1) is 10.5. The van der Waals surface area contributed by atoms with Gasteiger partial charge in [-0.25, -0.2) is 0 Å². The maximum atomic E-state index is 12.1. The van der Waals surface area contributed by atoms with Gasteiger partial charge in [0.05, 0.1) is 17.6 Å². The number of allylic oxidation sites excluding steroid dienone is 1. The van der Waals surface area contributed by atoms with Crippen LogP contribution in [0.4, 0.5) is 5.69 Å². The van der Waals surface area contributed by atoms with Crippen LogP contribution in [0.1, 0.15) is 15.9 Å². The quantitative estimate of drug-likeness (QED) is 0.396. The topological polar surface area (TPSA) is 89.7 Å². The third-order valence-corrected chi connectivity index (χ3v) is 3.00. The Morgan fingerprint density at radius 2 is 1.91 bits per heavy atom. The van der Waals surface area contributed by atoms with Crippen molar-refractivity contribution in [3.05, 3.63) is 69.8 Å². The molecule has 0 spiro atoms. The van der Waals surface area contributed by atoms with Gasteiger partial charge in [-0.3, -0.25) is 14.9 Å². The SMILES string of the molecule is COc1ccc(O)c(C(=O)/C=C/c2ccc([N+](=O)[O-])cc2)c1. The predicted octanol–water partition coefficient (Wildman–Crippen LogP) is 3.21. The molecule has 22 heavy (non-hydrogen) atoms. The summed E-state index contributed by atoms with van der Waals surface area (Å²) in [7, 11) is 1.47. The van der Waals surface area contributed by atoms with Crippen LogP contribution in [0, 0.1) is 10.1 Å². The number of carbonyl (C=O) groups is 1. The van der Waals surface area contributed by atoms with Crippen LogP contribution in [0.15, 0.2) is 48.5 Å². The second-order valence-corrected chi connectivity index (χ2v) is 4.43. The number of aromatic hydroxyl groups is 1. The van der Waals surface area contributed by atoms with Gasteiger partial charge in [0.15, 0.2) is 5.78 Å². The summed E-state index contributed by atoms with van der Waals surface area (Å²) >= 11 is 0. The van der Waals surface area contributed by atoms with Crippen LogP contribution in [0.3, 0.4) is 0 Å². The average Bonchev–Trinajstić information content (AvgIpc) is 2.53. The molecule has 0 amide bonds. The summed E-state index contributed by atoms with van der Waals surface area (Å²) in [5.74, 6) is -0.0706. The van der Waals surface area contributed by atoms with Gasteiger partial charge in [-0.15, -0.1) is 0 Å². The van der Waals surface area contributed by atoms with Gasteiger partial charge < -0.3 is 9.84 Å². The van der Waals surface area contributed by atoms with Crippen molar-refractivity contribution in [1.29, 1.82) is 0 Å². The van der Waals surface area contributed by atoms with Crippen molar-refractivity contribution < 1.29 is 19.6 Å². The molecule has 6 nitrogen and oxygen atoms in total. The molecule has 0 saturated heterocycles. The summed E-state index contributed by atoms with van der Waals surface area (Å²) in [6.07, 6.45) is 2.81. The molecule has 0 aliphatic carbocycles. The van der Waals surface area contributed by atoms with Crippen molar-refractivity contribution >= 4 is 17.5 Å². The number of ketones is 1. The number of nitro benzene ring substituents is 1. The van der Waals surface area contributed by atoms with E-state index in [9.17, 15) is 20.0 Å². The zero-order chi connectivity index (χ0) is 16.1. The van der Waals surface area contributed by atoms with E-state index < -0.39 is 10.7 Å². The van der Waals surface area contributed by atoms with Crippen LogP contribution in [0.25, 0.3) is 6.08 Å². The Hall–Kier alpha value is -3.15. The van der Waals surface area contributed by atoms with E-state index in [1.807, 2.05) is 0 Å². The van der Waals surface area contributed by atoms with E-state index in [-0.39, 0.29) is 17.0 Å². The van der Waals surface area contributed by atoms with Gasteiger partial charge in [-0.05, 0) is 42.0 Å². The van der Waals surface area contributed by atoms with Crippen molar-refractivity contribution in [1.82, 2.24) is 0 Å². The minimum atomic E-state index is -0.493. The number of ether oxygens (including phenoxy) is 1. The molecule has 0 aliphatic heterocycles. The highest BCUT2D eigenvalue weighted by Gasteiger charge is 2.10. The van der Waals surface area contributed by atoms with E-state index in [2.05, 4.69) is 0 Å². The summed E-state index contributed by atoms with van der Waals surface area (Å²) in [6, 6.07) is 10.1. The van der Waals surface area contributed by atoms with Crippen molar-refractivity contribution in [3.8, 4) is 11.5 Å². The summed E-state index contributed by atoms with van der Waals surface area (Å²) in [5, 5.41) is 20.3. The molecule has 0 bridgehead atoms. The average molecular weight is 299 g/mol. The Labute approximate surface area is 126 Å². The molecule has 2 aromatic rings. The zero-order valence-electron chi connectivity index (χ0n) is 11.7. The lowest BCUT2D eigenvalue weighted by Crippen LogP contribution is -1.96. The van der Waals surface area contributed by atoms with Crippen molar-refractivity contribution in [2.75, 3.05) is 7.11 Å². The fourth-order valence-electron chi connectivity index (χ4n) is 1.81. The number of methoxy groups -OCH3 is 1. The highest BCUT2D eigenvalue weighted by atomic mass is 16.6. The minimum Gasteiger partial charge on any atom is -0.507 e. The number of carbonyl (C=O) groups excluding carboxylic acids is 1. The highest BCUT2D eigenvalue weighted by Crippen LogP contribution is 2.24. The van der Waals surface area contributed by atoms with Crippen LogP contribution in [-0.4, -0.2) is 22.9 Å². The molecule has 0 fully saturated rings. The van der Waals surface area contributed by atoms with E-state index in [0.29, 0.717) is 11.3 Å². The number of rotatable bonds is 5. The molecule has 0 aromatic heterocycles. The molecule has 0 radical (unpaired) electrons. The van der Waals surface area contributed by atoms with Crippen LogP contribution >= 0.6 is 0 Å². The molecule has 0 unspecified atom stereocenters. The molecule has 6 heteroatoms. The lowest BCUT2D eigenvalue weighted by molar-refractivity contribution is -0.384. The summed E-state index contributed by atoms with van der Waals surface area (Å²) < 4.78 is 5.01. The van der Waals surface area contributed by atoms with E-state index >= 15 is 0 Å². The molecule has 0 saturated carbocycles. The van der Waals surface area contributed by atoms with E-state index in [0.717, 1.165) is 0 Å². The normalized spacial score (nSPS) is 10.6. The van der Waals surface area contributed by atoms with Gasteiger partial charge in [0.1, 0.15) is 11.5 Å². The Kier molecular flexibility index (Phi) is 4.53. The third-order valence-electron chi connectivity index (χ3n) is 3.00. The van der Waals surface area contributed by atoms with Gasteiger partial charge in [0, 0.05) is 12.1 Å². The predicted molar refractivity (Wildman–Crippen MR) is 81.1 cm³/mol. The number of phenols is 1. The fraction of sp³-hybridized carbons (Fsp3) is 0.0625. The Balaban J connectivity index is 2.19. The maximum Gasteiger partial charge on any atom is 0.269 e. The highest BCUT2D eigenvalue weighted by molar-refractivity contribution is 6.08. The second-order valence-electron chi connectivity index (χ2n) is 4.43. The Morgan fingerprint density at radius 3 is 2.50 bits per heavy atom. The third kappa shape index (κ3) is 3.49. The first-order valence-corrected chi connectivity index (χ1v) is 6.35. The van der Waals surface area contributed by atoms with Gasteiger partial charge in [0.2, 0.25) is 0 Å². The molecule has 0 atom stereocenters. The number of hydrogen-bond acceptors (Lipinski definition) is 5. The first kappa shape index (κ1) is 15.2. The largest absolute Gasteiger partial charge is 0.507 e. The number of benzene rings is 2. The van der Waals surface area contributed by atoms with Gasteiger partial charge >= 0.3 is 0 Å². The maximum absolute atomic E-state index is 12.1. The molecule has 0 heterocycles. The van der Waals surface area contributed by atoms with Crippen molar-refractivity contribution in [2.24, 2.45) is 0 Å². The van der Waals surface area contributed by atoms with Crippen LogP contribution in [0.2, 0.25) is 0 Å².